The molecule has 2 amide bonds. The van der Waals surface area contributed by atoms with E-state index in [0.29, 0.717) is 12.0 Å². The number of fused-ring (bicyclic) bond motifs is 1. The number of carbonyl (C=O) groups excluding carboxylic acids is 1. The lowest BCUT2D eigenvalue weighted by atomic mass is 9.91. The van der Waals surface area contributed by atoms with Gasteiger partial charge < -0.3 is 20.7 Å². The maximum Gasteiger partial charge on any atom is 0.319 e. The number of anilines is 2. The minimum atomic E-state index is -0.342. The average molecular weight is 330 g/mol. The van der Waals surface area contributed by atoms with Gasteiger partial charge in [-0.2, -0.15) is 0 Å². The van der Waals surface area contributed by atoms with Gasteiger partial charge in [-0.25, -0.2) is 4.79 Å². The maximum atomic E-state index is 12.3. The number of benzene rings is 1. The highest BCUT2D eigenvalue weighted by Crippen LogP contribution is 2.40. The van der Waals surface area contributed by atoms with E-state index in [-0.39, 0.29) is 12.1 Å². The topological polar surface area (TPSA) is 70.8 Å². The molecule has 0 bridgehead atoms. The number of nitrogens with zero attached hydrogens (tertiary/aromatic N) is 2. The fourth-order valence-electron chi connectivity index (χ4n) is 4.46. The lowest BCUT2D eigenvalue weighted by Crippen LogP contribution is -2.59. The molecule has 0 saturated carbocycles. The average Bonchev–Trinajstić information content (AvgIpc) is 3.15. The third kappa shape index (κ3) is 2.74. The van der Waals surface area contributed by atoms with Crippen LogP contribution in [0.15, 0.2) is 24.3 Å². The van der Waals surface area contributed by atoms with Gasteiger partial charge in [0.15, 0.2) is 0 Å². The minimum Gasteiger partial charge on any atom is -0.381 e. The highest BCUT2D eigenvalue weighted by Gasteiger charge is 2.41. The van der Waals surface area contributed by atoms with Crippen LogP contribution in [0.1, 0.15) is 19.3 Å². The van der Waals surface area contributed by atoms with Crippen molar-refractivity contribution in [1.29, 1.82) is 0 Å². The van der Waals surface area contributed by atoms with Gasteiger partial charge in [0.25, 0.3) is 0 Å². The first-order valence-electron chi connectivity index (χ1n) is 8.98. The molecule has 3 aliphatic heterocycles. The van der Waals surface area contributed by atoms with Crippen molar-refractivity contribution in [2.75, 3.05) is 42.6 Å². The third-order valence-corrected chi connectivity index (χ3v) is 5.68. The number of nitrogens with one attached hydrogen (secondary N) is 1. The van der Waals surface area contributed by atoms with Crippen molar-refractivity contribution in [3.05, 3.63) is 24.3 Å². The van der Waals surface area contributed by atoms with Gasteiger partial charge in [0.2, 0.25) is 0 Å². The van der Waals surface area contributed by atoms with E-state index in [1.807, 2.05) is 23.1 Å². The van der Waals surface area contributed by atoms with Crippen LogP contribution >= 0.6 is 0 Å². The molecule has 2 fully saturated rings. The first-order chi connectivity index (χ1) is 11.8. The molecule has 2 unspecified atom stereocenters. The van der Waals surface area contributed by atoms with Gasteiger partial charge in [-0.15, -0.1) is 0 Å². The van der Waals surface area contributed by atoms with E-state index >= 15 is 0 Å². The Kier molecular flexibility index (Phi) is 4.33. The van der Waals surface area contributed by atoms with Crippen molar-refractivity contribution in [2.24, 2.45) is 11.7 Å². The molecule has 6 heteroatoms. The molecule has 0 spiro atoms. The molecule has 3 heterocycles. The van der Waals surface area contributed by atoms with Gasteiger partial charge in [-0.3, -0.25) is 4.90 Å². The van der Waals surface area contributed by atoms with Gasteiger partial charge in [0.05, 0.1) is 17.4 Å². The summed E-state index contributed by atoms with van der Waals surface area (Å²) in [5.74, 6) is 0.452. The van der Waals surface area contributed by atoms with Crippen LogP contribution in [-0.4, -0.2) is 51.0 Å². The minimum absolute atomic E-state index is 0.134. The number of urea groups is 1. The van der Waals surface area contributed by atoms with Crippen molar-refractivity contribution in [1.82, 2.24) is 5.32 Å². The van der Waals surface area contributed by atoms with Crippen LogP contribution in [0.3, 0.4) is 0 Å². The second kappa shape index (κ2) is 6.61. The fourth-order valence-corrected chi connectivity index (χ4v) is 4.46. The van der Waals surface area contributed by atoms with E-state index in [4.69, 9.17) is 10.5 Å². The number of hydrogen-bond acceptors (Lipinski definition) is 4. The van der Waals surface area contributed by atoms with Crippen molar-refractivity contribution in [3.63, 3.8) is 0 Å². The SMILES string of the molecule is NC(=O)N1c2ccccc2N(C2CCOCC2)CC1C1CCNC1. The quantitative estimate of drug-likeness (QED) is 0.863. The van der Waals surface area contributed by atoms with Gasteiger partial charge in [-0.1, -0.05) is 12.1 Å². The van der Waals surface area contributed by atoms with Crippen molar-refractivity contribution in [2.45, 2.75) is 31.3 Å². The Labute approximate surface area is 142 Å². The molecular weight excluding hydrogens is 304 g/mol. The Bertz CT molecular complexity index is 596. The summed E-state index contributed by atoms with van der Waals surface area (Å²) in [6, 6.07) is 8.45. The Morgan fingerprint density at radius 2 is 1.92 bits per heavy atom. The predicted octanol–water partition coefficient (Wildman–Crippen LogP) is 1.55. The Balaban J connectivity index is 1.72. The number of para-hydroxylation sites is 2. The summed E-state index contributed by atoms with van der Waals surface area (Å²) in [7, 11) is 0. The molecule has 0 radical (unpaired) electrons. The monoisotopic (exact) mass is 330 g/mol. The highest BCUT2D eigenvalue weighted by atomic mass is 16.5. The summed E-state index contributed by atoms with van der Waals surface area (Å²) >= 11 is 0. The number of nitrogens with two attached hydrogens (primary N) is 1. The summed E-state index contributed by atoms with van der Waals surface area (Å²) in [5.41, 5.74) is 7.88. The van der Waals surface area contributed by atoms with E-state index in [2.05, 4.69) is 16.3 Å². The van der Waals surface area contributed by atoms with Crippen LogP contribution < -0.4 is 20.9 Å². The highest BCUT2D eigenvalue weighted by molar-refractivity contribution is 5.96. The molecule has 130 valence electrons. The van der Waals surface area contributed by atoms with E-state index in [1.165, 1.54) is 0 Å². The van der Waals surface area contributed by atoms with Crippen molar-refractivity contribution >= 4 is 17.4 Å². The first-order valence-corrected chi connectivity index (χ1v) is 8.98. The Morgan fingerprint density at radius 3 is 2.58 bits per heavy atom. The van der Waals surface area contributed by atoms with Gasteiger partial charge >= 0.3 is 6.03 Å². The van der Waals surface area contributed by atoms with Crippen LogP contribution in [0.4, 0.5) is 16.2 Å². The summed E-state index contributed by atoms with van der Waals surface area (Å²) < 4.78 is 5.54. The summed E-state index contributed by atoms with van der Waals surface area (Å²) in [6.07, 6.45) is 3.18. The van der Waals surface area contributed by atoms with Crippen LogP contribution in [0.2, 0.25) is 0 Å². The zero-order valence-electron chi connectivity index (χ0n) is 14.0. The molecule has 2 saturated heterocycles. The molecule has 1 aromatic carbocycles. The normalized spacial score (nSPS) is 28.0. The summed E-state index contributed by atoms with van der Waals surface area (Å²) in [6.45, 7) is 4.47. The Morgan fingerprint density at radius 1 is 1.17 bits per heavy atom. The molecule has 6 nitrogen and oxygen atoms in total. The molecule has 2 atom stereocenters. The zero-order chi connectivity index (χ0) is 16.5. The van der Waals surface area contributed by atoms with Crippen LogP contribution in [0.5, 0.6) is 0 Å². The second-order valence-corrected chi connectivity index (χ2v) is 7.01. The number of hydrogen-bond donors (Lipinski definition) is 2. The van der Waals surface area contributed by atoms with Gasteiger partial charge in [0.1, 0.15) is 0 Å². The maximum absolute atomic E-state index is 12.3. The van der Waals surface area contributed by atoms with Gasteiger partial charge in [0, 0.05) is 32.3 Å². The van der Waals surface area contributed by atoms with Crippen molar-refractivity contribution < 1.29 is 9.53 Å². The second-order valence-electron chi connectivity index (χ2n) is 7.01. The number of ether oxygens (including phenoxy) is 1. The van der Waals surface area contributed by atoms with Crippen LogP contribution in [0, 0.1) is 5.92 Å². The molecule has 1 aromatic rings. The molecule has 3 N–H and O–H groups in total. The molecular formula is C18H26N4O2. The smallest absolute Gasteiger partial charge is 0.319 e. The standard InChI is InChI=1S/C18H26N4O2/c19-18(23)22-16-4-2-1-3-15(16)21(14-6-9-24-10-7-14)12-17(22)13-5-8-20-11-13/h1-4,13-14,17,20H,5-12H2,(H2,19,23). The molecule has 3 aliphatic rings. The number of primary amides is 1. The van der Waals surface area contributed by atoms with E-state index in [1.54, 1.807) is 0 Å². The summed E-state index contributed by atoms with van der Waals surface area (Å²) in [4.78, 5) is 16.6. The first kappa shape index (κ1) is 15.7. The zero-order valence-corrected chi connectivity index (χ0v) is 14.0. The number of amides is 2. The summed E-state index contributed by atoms with van der Waals surface area (Å²) in [5, 5.41) is 3.43. The third-order valence-electron chi connectivity index (χ3n) is 5.68. The Hall–Kier alpha value is -1.79. The molecule has 0 aromatic heterocycles. The van der Waals surface area contributed by atoms with E-state index in [0.717, 1.165) is 63.5 Å². The van der Waals surface area contributed by atoms with Crippen LogP contribution in [-0.2, 0) is 4.74 Å². The van der Waals surface area contributed by atoms with E-state index < -0.39 is 0 Å². The van der Waals surface area contributed by atoms with Crippen molar-refractivity contribution in [3.8, 4) is 0 Å². The van der Waals surface area contributed by atoms with Gasteiger partial charge in [-0.05, 0) is 43.9 Å². The molecule has 4 rings (SSSR count). The van der Waals surface area contributed by atoms with E-state index in [9.17, 15) is 4.79 Å². The fraction of sp³-hybridized carbons (Fsp3) is 0.611. The molecule has 0 aliphatic carbocycles. The number of carbonyl (C=O) groups is 1. The number of rotatable bonds is 2. The predicted molar refractivity (Wildman–Crippen MR) is 94.5 cm³/mol. The lowest BCUT2D eigenvalue weighted by molar-refractivity contribution is 0.0836. The molecule has 24 heavy (non-hydrogen) atoms. The largest absolute Gasteiger partial charge is 0.381 e. The lowest BCUT2D eigenvalue weighted by Gasteiger charge is -2.48. The van der Waals surface area contributed by atoms with Crippen LogP contribution in [0.25, 0.3) is 0 Å².